The predicted octanol–water partition coefficient (Wildman–Crippen LogP) is 4.32. The molecule has 1 fully saturated rings. The maximum Gasteiger partial charge on any atom is 0.256 e. The zero-order valence-corrected chi connectivity index (χ0v) is 16.1. The van der Waals surface area contributed by atoms with Crippen LogP contribution in [0.15, 0.2) is 48.7 Å². The number of aromatic nitrogens is 1. The fourth-order valence-electron chi connectivity index (χ4n) is 4.41. The molecule has 1 amide bonds. The molecule has 0 spiro atoms. The van der Waals surface area contributed by atoms with Crippen molar-refractivity contribution in [3.05, 3.63) is 59.8 Å². The molecule has 1 atom stereocenters. The smallest absolute Gasteiger partial charge is 0.256 e. The summed E-state index contributed by atoms with van der Waals surface area (Å²) in [7, 11) is 1.99. The van der Waals surface area contributed by atoms with Crippen LogP contribution in [-0.4, -0.2) is 35.1 Å². The molecule has 5 heteroatoms. The first-order valence-corrected chi connectivity index (χ1v) is 9.97. The van der Waals surface area contributed by atoms with E-state index in [9.17, 15) is 4.79 Å². The molecule has 0 aliphatic carbocycles. The highest BCUT2D eigenvalue weighted by Crippen LogP contribution is 2.39. The van der Waals surface area contributed by atoms with Crippen molar-refractivity contribution in [1.82, 2.24) is 9.47 Å². The van der Waals surface area contributed by atoms with E-state index in [0.717, 1.165) is 59.3 Å². The SMILES string of the molecule is Cn1cc(C(=O)N2CCCC2c2ccc3c(c2)OCCCO3)c2ccccc21. The van der Waals surface area contributed by atoms with Gasteiger partial charge in [-0.25, -0.2) is 0 Å². The maximum atomic E-state index is 13.5. The van der Waals surface area contributed by atoms with Crippen LogP contribution in [0.4, 0.5) is 0 Å². The van der Waals surface area contributed by atoms with E-state index < -0.39 is 0 Å². The Morgan fingerprint density at radius 3 is 2.75 bits per heavy atom. The van der Waals surface area contributed by atoms with E-state index in [4.69, 9.17) is 9.47 Å². The molecular formula is C23H24N2O3. The Balaban J connectivity index is 1.48. The third kappa shape index (κ3) is 2.82. The van der Waals surface area contributed by atoms with Crippen LogP contribution in [0.2, 0.25) is 0 Å². The first kappa shape index (κ1) is 17.2. The zero-order chi connectivity index (χ0) is 19.1. The van der Waals surface area contributed by atoms with Gasteiger partial charge in [0.15, 0.2) is 11.5 Å². The van der Waals surface area contributed by atoms with Crippen LogP contribution in [0.1, 0.15) is 41.2 Å². The molecule has 144 valence electrons. The number of likely N-dealkylation sites (tertiary alicyclic amines) is 1. The van der Waals surface area contributed by atoms with Crippen LogP contribution >= 0.6 is 0 Å². The largest absolute Gasteiger partial charge is 0.490 e. The van der Waals surface area contributed by atoms with E-state index in [1.807, 2.05) is 47.0 Å². The molecule has 3 heterocycles. The van der Waals surface area contributed by atoms with Gasteiger partial charge in [0.25, 0.3) is 5.91 Å². The lowest BCUT2D eigenvalue weighted by Crippen LogP contribution is -2.30. The first-order chi connectivity index (χ1) is 13.7. The summed E-state index contributed by atoms with van der Waals surface area (Å²) in [6.07, 6.45) is 4.82. The minimum Gasteiger partial charge on any atom is -0.490 e. The molecular weight excluding hydrogens is 352 g/mol. The molecule has 3 aromatic rings. The molecule has 1 aromatic heterocycles. The summed E-state index contributed by atoms with van der Waals surface area (Å²) in [5.41, 5.74) is 2.98. The van der Waals surface area contributed by atoms with Gasteiger partial charge in [-0.15, -0.1) is 0 Å². The van der Waals surface area contributed by atoms with Gasteiger partial charge < -0.3 is 18.9 Å². The maximum absolute atomic E-state index is 13.5. The molecule has 2 aliphatic rings. The Kier molecular flexibility index (Phi) is 4.23. The Labute approximate surface area is 164 Å². The monoisotopic (exact) mass is 376 g/mol. The van der Waals surface area contributed by atoms with Crippen molar-refractivity contribution in [2.75, 3.05) is 19.8 Å². The minimum absolute atomic E-state index is 0.0728. The number of carbonyl (C=O) groups is 1. The van der Waals surface area contributed by atoms with Crippen LogP contribution < -0.4 is 9.47 Å². The quantitative estimate of drug-likeness (QED) is 0.669. The number of para-hydroxylation sites is 1. The number of nitrogens with zero attached hydrogens (tertiary/aromatic N) is 2. The van der Waals surface area contributed by atoms with E-state index in [0.29, 0.717) is 13.2 Å². The molecule has 1 unspecified atom stereocenters. The second kappa shape index (κ2) is 6.89. The topological polar surface area (TPSA) is 43.7 Å². The number of rotatable bonds is 2. The van der Waals surface area contributed by atoms with Crippen LogP contribution in [-0.2, 0) is 7.05 Å². The summed E-state index contributed by atoms with van der Waals surface area (Å²) in [6, 6.07) is 14.3. The normalized spacial score (nSPS) is 19.0. The van der Waals surface area contributed by atoms with E-state index in [1.165, 1.54) is 0 Å². The van der Waals surface area contributed by atoms with Gasteiger partial charge in [0.05, 0.1) is 24.8 Å². The standard InChI is InChI=1S/C23H24N2O3/c1-24-15-18(17-6-2-3-7-20(17)24)23(26)25-11-4-8-19(25)16-9-10-21-22(14-16)28-13-5-12-27-21/h2-3,6-7,9-10,14-15,19H,4-5,8,11-13H2,1H3. The fraction of sp³-hybridized carbons (Fsp3) is 0.348. The molecule has 0 N–H and O–H groups in total. The second-order valence-corrected chi connectivity index (χ2v) is 7.58. The predicted molar refractivity (Wildman–Crippen MR) is 108 cm³/mol. The lowest BCUT2D eigenvalue weighted by atomic mass is 10.0. The number of fused-ring (bicyclic) bond motifs is 2. The van der Waals surface area contributed by atoms with Gasteiger partial charge in [-0.1, -0.05) is 24.3 Å². The summed E-state index contributed by atoms with van der Waals surface area (Å²) in [5.74, 6) is 1.69. The molecule has 2 aliphatic heterocycles. The summed E-state index contributed by atoms with van der Waals surface area (Å²) >= 11 is 0. The third-order valence-electron chi connectivity index (χ3n) is 5.80. The van der Waals surface area contributed by atoms with Crippen molar-refractivity contribution in [2.24, 2.45) is 7.05 Å². The van der Waals surface area contributed by atoms with Crippen molar-refractivity contribution in [3.8, 4) is 11.5 Å². The molecule has 1 saturated heterocycles. The highest BCUT2D eigenvalue weighted by Gasteiger charge is 2.32. The zero-order valence-electron chi connectivity index (χ0n) is 16.1. The van der Waals surface area contributed by atoms with Gasteiger partial charge in [0.1, 0.15) is 0 Å². The number of carbonyl (C=O) groups excluding carboxylic acids is 1. The highest BCUT2D eigenvalue weighted by atomic mass is 16.5. The Morgan fingerprint density at radius 2 is 1.86 bits per heavy atom. The van der Waals surface area contributed by atoms with Crippen molar-refractivity contribution in [2.45, 2.75) is 25.3 Å². The van der Waals surface area contributed by atoms with E-state index in [2.05, 4.69) is 18.2 Å². The van der Waals surface area contributed by atoms with Crippen molar-refractivity contribution in [1.29, 1.82) is 0 Å². The molecule has 5 nitrogen and oxygen atoms in total. The molecule has 5 rings (SSSR count). The number of hydrogen-bond donors (Lipinski definition) is 0. The molecule has 0 saturated carbocycles. The molecule has 0 radical (unpaired) electrons. The summed E-state index contributed by atoms with van der Waals surface area (Å²) < 4.78 is 13.6. The van der Waals surface area contributed by atoms with Crippen LogP contribution in [0.3, 0.4) is 0 Å². The van der Waals surface area contributed by atoms with Gasteiger partial charge >= 0.3 is 0 Å². The average Bonchev–Trinajstić information content (AvgIpc) is 3.26. The van der Waals surface area contributed by atoms with Gasteiger partial charge in [0, 0.05) is 37.1 Å². The Morgan fingerprint density at radius 1 is 1.04 bits per heavy atom. The van der Waals surface area contributed by atoms with Crippen LogP contribution in [0.25, 0.3) is 10.9 Å². The summed E-state index contributed by atoms with van der Waals surface area (Å²) in [6.45, 7) is 2.13. The van der Waals surface area contributed by atoms with Crippen molar-refractivity contribution < 1.29 is 14.3 Å². The first-order valence-electron chi connectivity index (χ1n) is 9.97. The van der Waals surface area contributed by atoms with Gasteiger partial charge in [-0.3, -0.25) is 4.79 Å². The fourth-order valence-corrected chi connectivity index (χ4v) is 4.41. The lowest BCUT2D eigenvalue weighted by Gasteiger charge is -2.25. The number of ether oxygens (including phenoxy) is 2. The van der Waals surface area contributed by atoms with Crippen LogP contribution in [0.5, 0.6) is 11.5 Å². The lowest BCUT2D eigenvalue weighted by molar-refractivity contribution is 0.0737. The number of aryl methyl sites for hydroxylation is 1. The van der Waals surface area contributed by atoms with E-state index in [1.54, 1.807) is 0 Å². The summed E-state index contributed by atoms with van der Waals surface area (Å²) in [5, 5.41) is 1.01. The van der Waals surface area contributed by atoms with Crippen molar-refractivity contribution >= 4 is 16.8 Å². The van der Waals surface area contributed by atoms with Crippen LogP contribution in [0, 0.1) is 0 Å². The average molecular weight is 376 g/mol. The van der Waals surface area contributed by atoms with Gasteiger partial charge in [-0.2, -0.15) is 0 Å². The Bertz CT molecular complexity index is 1040. The van der Waals surface area contributed by atoms with Crippen molar-refractivity contribution in [3.63, 3.8) is 0 Å². The van der Waals surface area contributed by atoms with E-state index in [-0.39, 0.29) is 11.9 Å². The van der Waals surface area contributed by atoms with E-state index >= 15 is 0 Å². The number of hydrogen-bond acceptors (Lipinski definition) is 3. The second-order valence-electron chi connectivity index (χ2n) is 7.58. The molecule has 2 aromatic carbocycles. The third-order valence-corrected chi connectivity index (χ3v) is 5.80. The Hall–Kier alpha value is -2.95. The molecule has 28 heavy (non-hydrogen) atoms. The van der Waals surface area contributed by atoms with Gasteiger partial charge in [0.2, 0.25) is 0 Å². The number of benzene rings is 2. The number of amides is 1. The molecule has 0 bridgehead atoms. The highest BCUT2D eigenvalue weighted by molar-refractivity contribution is 6.07. The minimum atomic E-state index is 0.0728. The summed E-state index contributed by atoms with van der Waals surface area (Å²) in [4.78, 5) is 15.5. The van der Waals surface area contributed by atoms with Gasteiger partial charge in [-0.05, 0) is 36.6 Å².